The minimum Gasteiger partial charge on any atom is -0.489 e. The molecule has 1 aliphatic heterocycles. The molecular weight excluding hydrogens is 428 g/mol. The molecule has 3 aromatic rings. The maximum atomic E-state index is 13.3. The van der Waals surface area contributed by atoms with Crippen LogP contribution in [0.1, 0.15) is 52.7 Å². The molecule has 7 nitrogen and oxygen atoms in total. The Bertz CT molecular complexity index is 1190. The topological polar surface area (TPSA) is 88.4 Å². The van der Waals surface area contributed by atoms with Crippen LogP contribution in [-0.2, 0) is 13.5 Å². The summed E-state index contributed by atoms with van der Waals surface area (Å²) < 4.78 is 7.75. The van der Waals surface area contributed by atoms with Crippen molar-refractivity contribution in [1.82, 2.24) is 15.1 Å². The third-order valence-corrected chi connectivity index (χ3v) is 6.97. The van der Waals surface area contributed by atoms with Crippen molar-refractivity contribution in [2.24, 2.45) is 7.05 Å². The van der Waals surface area contributed by atoms with E-state index >= 15 is 0 Å². The van der Waals surface area contributed by atoms with Crippen molar-refractivity contribution < 1.29 is 14.6 Å². The zero-order valence-electron chi connectivity index (χ0n) is 19.8. The summed E-state index contributed by atoms with van der Waals surface area (Å²) in [5.41, 5.74) is 6.99. The SMILES string of the molecule is Cc1c(Cc2ccc(-c3cnn(C)c3)cc2)cc(C(=O)N[C@H]2CCCC[C@@H]2O)c2c1NCCO2. The molecule has 0 radical (unpaired) electrons. The number of carbonyl (C=O) groups excluding carboxylic acids is 1. The van der Waals surface area contributed by atoms with Gasteiger partial charge in [-0.2, -0.15) is 5.10 Å². The Morgan fingerprint density at radius 2 is 2.03 bits per heavy atom. The average molecular weight is 461 g/mol. The molecule has 1 amide bonds. The van der Waals surface area contributed by atoms with E-state index in [4.69, 9.17) is 4.74 Å². The summed E-state index contributed by atoms with van der Waals surface area (Å²) in [6.07, 6.45) is 7.64. The van der Waals surface area contributed by atoms with E-state index in [1.54, 1.807) is 4.68 Å². The number of hydrogen-bond donors (Lipinski definition) is 3. The highest BCUT2D eigenvalue weighted by Crippen LogP contribution is 2.38. The molecule has 0 bridgehead atoms. The van der Waals surface area contributed by atoms with E-state index in [0.29, 0.717) is 30.9 Å². The molecule has 1 aromatic heterocycles. The Balaban J connectivity index is 1.42. The highest BCUT2D eigenvalue weighted by molar-refractivity contribution is 6.00. The van der Waals surface area contributed by atoms with Crippen LogP contribution in [0.3, 0.4) is 0 Å². The fourth-order valence-electron chi connectivity index (χ4n) is 4.99. The quantitative estimate of drug-likeness (QED) is 0.539. The number of nitrogens with zero attached hydrogens (tertiary/aromatic N) is 2. The largest absolute Gasteiger partial charge is 0.489 e. The fraction of sp³-hybridized carbons (Fsp3) is 0.407. The van der Waals surface area contributed by atoms with Crippen LogP contribution in [0.25, 0.3) is 11.1 Å². The molecule has 2 aliphatic rings. The second kappa shape index (κ2) is 9.50. The van der Waals surface area contributed by atoms with E-state index in [1.165, 1.54) is 5.56 Å². The maximum Gasteiger partial charge on any atom is 0.255 e. The lowest BCUT2D eigenvalue weighted by Gasteiger charge is -2.30. The number of aryl methyl sites for hydroxylation is 1. The molecule has 2 atom stereocenters. The maximum absolute atomic E-state index is 13.3. The Morgan fingerprint density at radius 3 is 2.76 bits per heavy atom. The summed E-state index contributed by atoms with van der Waals surface area (Å²) in [4.78, 5) is 13.3. The second-order valence-electron chi connectivity index (χ2n) is 9.40. The van der Waals surface area contributed by atoms with Gasteiger partial charge in [0.1, 0.15) is 6.61 Å². The predicted molar refractivity (Wildman–Crippen MR) is 132 cm³/mol. The number of rotatable bonds is 5. The minimum atomic E-state index is -0.490. The summed E-state index contributed by atoms with van der Waals surface area (Å²) >= 11 is 0. The summed E-state index contributed by atoms with van der Waals surface area (Å²) in [5, 5.41) is 21.1. The van der Waals surface area contributed by atoms with Gasteiger partial charge < -0.3 is 20.5 Å². The molecule has 0 saturated heterocycles. The number of carbonyl (C=O) groups is 1. The van der Waals surface area contributed by atoms with Gasteiger partial charge in [0.2, 0.25) is 0 Å². The van der Waals surface area contributed by atoms with Gasteiger partial charge in [0, 0.05) is 25.4 Å². The first-order chi connectivity index (χ1) is 16.5. The van der Waals surface area contributed by atoms with E-state index < -0.39 is 6.10 Å². The number of anilines is 1. The minimum absolute atomic E-state index is 0.181. The molecule has 34 heavy (non-hydrogen) atoms. The first-order valence-electron chi connectivity index (χ1n) is 12.1. The number of aliphatic hydroxyl groups excluding tert-OH is 1. The molecule has 178 valence electrons. The zero-order valence-corrected chi connectivity index (χ0v) is 19.8. The molecule has 1 fully saturated rings. The fourth-order valence-corrected chi connectivity index (χ4v) is 4.99. The first kappa shape index (κ1) is 22.5. The van der Waals surface area contributed by atoms with E-state index in [0.717, 1.165) is 53.6 Å². The normalized spacial score (nSPS) is 19.6. The summed E-state index contributed by atoms with van der Waals surface area (Å²) in [5.74, 6) is 0.432. The van der Waals surface area contributed by atoms with Gasteiger partial charge in [-0.05, 0) is 54.5 Å². The lowest BCUT2D eigenvalue weighted by atomic mass is 9.91. The standard InChI is InChI=1S/C27H32N4O3/c1-17-20(13-18-7-9-19(10-8-18)21-15-29-31(2)16-21)14-22(26-25(17)28-11-12-34-26)27(33)30-23-5-3-4-6-24(23)32/h7-10,14-16,23-24,28,32H,3-6,11-13H2,1-2H3,(H,30,33)/t23-,24-/m0/s1. The molecule has 1 aliphatic carbocycles. The molecular formula is C27H32N4O3. The molecule has 1 saturated carbocycles. The number of fused-ring (bicyclic) bond motifs is 1. The van der Waals surface area contributed by atoms with Gasteiger partial charge in [-0.25, -0.2) is 0 Å². The average Bonchev–Trinajstić information content (AvgIpc) is 3.29. The molecule has 0 spiro atoms. The van der Waals surface area contributed by atoms with Crippen LogP contribution < -0.4 is 15.4 Å². The van der Waals surface area contributed by atoms with Crippen molar-refractivity contribution in [1.29, 1.82) is 0 Å². The van der Waals surface area contributed by atoms with Crippen molar-refractivity contribution >= 4 is 11.6 Å². The molecule has 5 rings (SSSR count). The van der Waals surface area contributed by atoms with Gasteiger partial charge in [0.15, 0.2) is 5.75 Å². The van der Waals surface area contributed by atoms with Gasteiger partial charge in [-0.3, -0.25) is 9.48 Å². The highest BCUT2D eigenvalue weighted by atomic mass is 16.5. The zero-order chi connectivity index (χ0) is 23.7. The Hall–Kier alpha value is -3.32. The molecule has 2 aromatic carbocycles. The van der Waals surface area contributed by atoms with Crippen LogP contribution in [0.2, 0.25) is 0 Å². The van der Waals surface area contributed by atoms with Gasteiger partial charge in [0.25, 0.3) is 5.91 Å². The van der Waals surface area contributed by atoms with Crippen molar-refractivity contribution in [3.05, 3.63) is 65.0 Å². The second-order valence-corrected chi connectivity index (χ2v) is 9.40. The summed E-state index contributed by atoms with van der Waals surface area (Å²) in [6, 6.07) is 10.2. The monoisotopic (exact) mass is 460 g/mol. The van der Waals surface area contributed by atoms with Crippen molar-refractivity contribution in [3.63, 3.8) is 0 Å². The molecule has 0 unspecified atom stereocenters. The Kier molecular flexibility index (Phi) is 6.28. The molecule has 7 heteroatoms. The van der Waals surface area contributed by atoms with Crippen LogP contribution in [0.4, 0.5) is 5.69 Å². The van der Waals surface area contributed by atoms with Crippen LogP contribution in [-0.4, -0.2) is 46.1 Å². The number of ether oxygens (including phenoxy) is 1. The third kappa shape index (κ3) is 4.53. The summed E-state index contributed by atoms with van der Waals surface area (Å²) in [6.45, 7) is 3.31. The highest BCUT2D eigenvalue weighted by Gasteiger charge is 2.28. The van der Waals surface area contributed by atoms with Gasteiger partial charge in [-0.15, -0.1) is 0 Å². The van der Waals surface area contributed by atoms with E-state index in [1.807, 2.05) is 25.5 Å². The number of nitrogens with one attached hydrogen (secondary N) is 2. The lowest BCUT2D eigenvalue weighted by molar-refractivity contribution is 0.0714. The third-order valence-electron chi connectivity index (χ3n) is 6.97. The van der Waals surface area contributed by atoms with Crippen LogP contribution in [0, 0.1) is 6.92 Å². The van der Waals surface area contributed by atoms with E-state index in [2.05, 4.69) is 46.9 Å². The van der Waals surface area contributed by atoms with E-state index in [9.17, 15) is 9.90 Å². The smallest absolute Gasteiger partial charge is 0.255 e. The number of aromatic nitrogens is 2. The number of hydrogen-bond acceptors (Lipinski definition) is 5. The van der Waals surface area contributed by atoms with Gasteiger partial charge in [0.05, 0.1) is 29.6 Å². The van der Waals surface area contributed by atoms with Crippen molar-refractivity contribution in [2.75, 3.05) is 18.5 Å². The molecule has 2 heterocycles. The number of benzene rings is 2. The van der Waals surface area contributed by atoms with Crippen molar-refractivity contribution in [2.45, 2.75) is 51.2 Å². The predicted octanol–water partition coefficient (Wildman–Crippen LogP) is 3.82. The Morgan fingerprint density at radius 1 is 1.24 bits per heavy atom. The van der Waals surface area contributed by atoms with E-state index in [-0.39, 0.29) is 11.9 Å². The summed E-state index contributed by atoms with van der Waals surface area (Å²) in [7, 11) is 1.91. The van der Waals surface area contributed by atoms with Gasteiger partial charge in [-0.1, -0.05) is 37.1 Å². The van der Waals surface area contributed by atoms with Crippen LogP contribution >= 0.6 is 0 Å². The lowest BCUT2D eigenvalue weighted by Crippen LogP contribution is -2.45. The van der Waals surface area contributed by atoms with Crippen LogP contribution in [0.15, 0.2) is 42.7 Å². The Labute approximate surface area is 200 Å². The van der Waals surface area contributed by atoms with Crippen molar-refractivity contribution in [3.8, 4) is 16.9 Å². The van der Waals surface area contributed by atoms with Crippen LogP contribution in [0.5, 0.6) is 5.75 Å². The van der Waals surface area contributed by atoms with Gasteiger partial charge >= 0.3 is 0 Å². The number of amides is 1. The molecule has 3 N–H and O–H groups in total. The first-order valence-corrected chi connectivity index (χ1v) is 12.1. The number of aliphatic hydroxyl groups is 1.